The third-order valence-corrected chi connectivity index (χ3v) is 4.32. The van der Waals surface area contributed by atoms with Crippen LogP contribution in [0.4, 0.5) is 4.39 Å². The zero-order chi connectivity index (χ0) is 16.8. The van der Waals surface area contributed by atoms with Crippen LogP contribution in [0.3, 0.4) is 0 Å². The van der Waals surface area contributed by atoms with Gasteiger partial charge in [-0.1, -0.05) is 12.1 Å². The van der Waals surface area contributed by atoms with Crippen LogP contribution in [0, 0.1) is 5.82 Å². The highest BCUT2D eigenvalue weighted by Gasteiger charge is 2.33. The molecule has 1 aliphatic rings. The van der Waals surface area contributed by atoms with E-state index in [-0.39, 0.29) is 12.0 Å². The minimum absolute atomic E-state index is 0.0557. The molecule has 0 aliphatic carbocycles. The van der Waals surface area contributed by atoms with E-state index in [2.05, 4.69) is 4.98 Å². The fraction of sp³-hybridized carbons (Fsp3) is 0.167. The number of aromatic nitrogens is 2. The van der Waals surface area contributed by atoms with E-state index in [1.54, 1.807) is 30.3 Å². The maximum atomic E-state index is 13.7. The van der Waals surface area contributed by atoms with E-state index >= 15 is 0 Å². The number of esters is 1. The minimum Gasteiger partial charge on any atom is -0.469 e. The molecule has 0 radical (unpaired) electrons. The summed E-state index contributed by atoms with van der Waals surface area (Å²) in [5.74, 6) is -0.445. The van der Waals surface area contributed by atoms with Crippen molar-refractivity contribution in [2.45, 2.75) is 12.5 Å². The number of halogens is 1. The van der Waals surface area contributed by atoms with Crippen molar-refractivity contribution in [1.82, 2.24) is 9.55 Å². The Balaban J connectivity index is 2.04. The van der Waals surface area contributed by atoms with Gasteiger partial charge < -0.3 is 4.74 Å². The molecule has 120 valence electrons. The van der Waals surface area contributed by atoms with Gasteiger partial charge in [-0.15, -0.1) is 0 Å². The number of hydrogen-bond donors (Lipinski definition) is 0. The van der Waals surface area contributed by atoms with Crippen LogP contribution in [-0.2, 0) is 9.53 Å². The minimum atomic E-state index is -0.622. The molecule has 2 aromatic carbocycles. The van der Waals surface area contributed by atoms with Crippen LogP contribution in [0.5, 0.6) is 0 Å². The lowest BCUT2D eigenvalue weighted by Gasteiger charge is -2.14. The van der Waals surface area contributed by atoms with Crippen molar-refractivity contribution in [3.05, 3.63) is 64.2 Å². The first kappa shape index (κ1) is 14.6. The van der Waals surface area contributed by atoms with Crippen molar-refractivity contribution in [3.8, 4) is 11.4 Å². The van der Waals surface area contributed by atoms with Gasteiger partial charge in [0.05, 0.1) is 30.5 Å². The number of benzene rings is 2. The maximum Gasteiger partial charge on any atom is 0.307 e. The topological polar surface area (TPSA) is 61.2 Å². The number of ether oxygens (including phenoxy) is 1. The van der Waals surface area contributed by atoms with Crippen molar-refractivity contribution in [2.75, 3.05) is 7.11 Å². The normalized spacial score (nSPS) is 15.2. The Bertz CT molecular complexity index is 1040. The molecule has 0 bridgehead atoms. The highest BCUT2D eigenvalue weighted by molar-refractivity contribution is 5.82. The molecule has 2 heterocycles. The Labute approximate surface area is 136 Å². The van der Waals surface area contributed by atoms with Gasteiger partial charge in [-0.05, 0) is 35.9 Å². The summed E-state index contributed by atoms with van der Waals surface area (Å²) in [5.41, 5.74) is 1.55. The van der Waals surface area contributed by atoms with Gasteiger partial charge in [0.25, 0.3) is 5.56 Å². The van der Waals surface area contributed by atoms with E-state index in [1.165, 1.54) is 23.8 Å². The molecule has 0 spiro atoms. The predicted molar refractivity (Wildman–Crippen MR) is 86.2 cm³/mol. The van der Waals surface area contributed by atoms with Crippen LogP contribution >= 0.6 is 0 Å². The molecular weight excluding hydrogens is 311 g/mol. The van der Waals surface area contributed by atoms with Crippen LogP contribution in [0.25, 0.3) is 22.3 Å². The molecule has 5 nitrogen and oxygen atoms in total. The number of fused-ring (bicyclic) bond motifs is 4. The van der Waals surface area contributed by atoms with Crippen LogP contribution in [-0.4, -0.2) is 22.6 Å². The second-order valence-corrected chi connectivity index (χ2v) is 5.66. The van der Waals surface area contributed by atoms with Gasteiger partial charge in [0.15, 0.2) is 0 Å². The van der Waals surface area contributed by atoms with E-state index in [0.717, 1.165) is 0 Å². The lowest BCUT2D eigenvalue weighted by Crippen LogP contribution is -2.26. The number of hydrogen-bond acceptors (Lipinski definition) is 4. The summed E-state index contributed by atoms with van der Waals surface area (Å²) < 4.78 is 19.9. The van der Waals surface area contributed by atoms with Crippen LogP contribution in [0.2, 0.25) is 0 Å². The Morgan fingerprint density at radius 1 is 1.29 bits per heavy atom. The molecule has 4 rings (SSSR count). The van der Waals surface area contributed by atoms with Gasteiger partial charge in [0.1, 0.15) is 11.6 Å². The van der Waals surface area contributed by atoms with Crippen LogP contribution in [0.15, 0.2) is 47.3 Å². The smallest absolute Gasteiger partial charge is 0.307 e. The Hall–Kier alpha value is -3.02. The number of rotatable bonds is 2. The number of carbonyl (C=O) groups excluding carboxylic acids is 1. The molecule has 0 saturated heterocycles. The summed E-state index contributed by atoms with van der Waals surface area (Å²) >= 11 is 0. The van der Waals surface area contributed by atoms with Crippen molar-refractivity contribution in [3.63, 3.8) is 0 Å². The van der Waals surface area contributed by atoms with Crippen molar-refractivity contribution < 1.29 is 13.9 Å². The summed E-state index contributed by atoms with van der Waals surface area (Å²) in [6.45, 7) is 0. The SMILES string of the molecule is COC(=O)CC1c2cc(F)ccc2-c2nc3ccccc3c(=O)n21. The zero-order valence-electron chi connectivity index (χ0n) is 12.8. The molecule has 1 atom stereocenters. The predicted octanol–water partition coefficient (Wildman–Crippen LogP) is 2.67. The number of carbonyl (C=O) groups is 1. The molecule has 3 aromatic rings. The van der Waals surface area contributed by atoms with Gasteiger partial charge in [-0.2, -0.15) is 0 Å². The lowest BCUT2D eigenvalue weighted by molar-refractivity contribution is -0.141. The number of methoxy groups -OCH3 is 1. The van der Waals surface area contributed by atoms with Crippen LogP contribution < -0.4 is 5.56 Å². The molecule has 1 unspecified atom stereocenters. The summed E-state index contributed by atoms with van der Waals surface area (Å²) in [7, 11) is 1.28. The van der Waals surface area contributed by atoms with Gasteiger partial charge in [0, 0.05) is 5.56 Å². The third kappa shape index (κ3) is 2.03. The van der Waals surface area contributed by atoms with Crippen molar-refractivity contribution >= 4 is 16.9 Å². The first-order valence-corrected chi connectivity index (χ1v) is 7.48. The fourth-order valence-electron chi connectivity index (χ4n) is 3.22. The Morgan fingerprint density at radius 3 is 2.88 bits per heavy atom. The zero-order valence-corrected chi connectivity index (χ0v) is 12.8. The van der Waals surface area contributed by atoms with Gasteiger partial charge in [0.2, 0.25) is 0 Å². The standard InChI is InChI=1S/C18H13FN2O3/c1-24-16(22)9-15-13-8-10(19)6-7-11(13)17-20-14-5-3-2-4-12(14)18(23)21(15)17/h2-8,15H,9H2,1H3. The van der Waals surface area contributed by atoms with E-state index in [1.807, 2.05) is 0 Å². The Kier molecular flexibility index (Phi) is 3.19. The fourth-order valence-corrected chi connectivity index (χ4v) is 3.22. The average Bonchev–Trinajstić information content (AvgIpc) is 2.88. The average molecular weight is 324 g/mol. The van der Waals surface area contributed by atoms with E-state index in [0.29, 0.717) is 27.9 Å². The largest absolute Gasteiger partial charge is 0.469 e. The highest BCUT2D eigenvalue weighted by Crippen LogP contribution is 2.39. The second kappa shape index (κ2) is 5.26. The lowest BCUT2D eigenvalue weighted by atomic mass is 10.0. The van der Waals surface area contributed by atoms with E-state index < -0.39 is 17.8 Å². The summed E-state index contributed by atoms with van der Waals surface area (Å²) in [4.78, 5) is 29.3. The maximum absolute atomic E-state index is 13.7. The van der Waals surface area contributed by atoms with Gasteiger partial charge >= 0.3 is 5.97 Å². The summed E-state index contributed by atoms with van der Waals surface area (Å²) in [5, 5.41) is 0.462. The summed E-state index contributed by atoms with van der Waals surface area (Å²) in [6, 6.07) is 10.7. The molecule has 24 heavy (non-hydrogen) atoms. The molecule has 1 aromatic heterocycles. The molecule has 0 fully saturated rings. The molecule has 1 aliphatic heterocycles. The first-order chi connectivity index (χ1) is 11.6. The van der Waals surface area contributed by atoms with Crippen LogP contribution in [0.1, 0.15) is 18.0 Å². The van der Waals surface area contributed by atoms with E-state index in [9.17, 15) is 14.0 Å². The third-order valence-electron chi connectivity index (χ3n) is 4.32. The highest BCUT2D eigenvalue weighted by atomic mass is 19.1. The second-order valence-electron chi connectivity index (χ2n) is 5.66. The molecular formula is C18H13FN2O3. The van der Waals surface area contributed by atoms with Gasteiger partial charge in [-0.3, -0.25) is 14.2 Å². The van der Waals surface area contributed by atoms with Crippen molar-refractivity contribution in [2.24, 2.45) is 0 Å². The van der Waals surface area contributed by atoms with E-state index in [4.69, 9.17) is 4.74 Å². The number of para-hydroxylation sites is 1. The van der Waals surface area contributed by atoms with Crippen molar-refractivity contribution in [1.29, 1.82) is 0 Å². The van der Waals surface area contributed by atoms with Gasteiger partial charge in [-0.25, -0.2) is 9.37 Å². The molecule has 0 N–H and O–H groups in total. The first-order valence-electron chi connectivity index (χ1n) is 7.48. The molecule has 0 saturated carbocycles. The molecule has 6 heteroatoms. The number of nitrogens with zero attached hydrogens (tertiary/aromatic N) is 2. The quantitative estimate of drug-likeness (QED) is 0.680. The molecule has 0 amide bonds. The Morgan fingerprint density at radius 2 is 2.08 bits per heavy atom. The monoisotopic (exact) mass is 324 g/mol. The summed E-state index contributed by atoms with van der Waals surface area (Å²) in [6.07, 6.45) is -0.0557.